The Morgan fingerprint density at radius 1 is 0.619 bits per heavy atom. The van der Waals surface area contributed by atoms with Gasteiger partial charge in [-0.15, -0.1) is 0 Å². The molecule has 21 heavy (non-hydrogen) atoms. The van der Waals surface area contributed by atoms with E-state index >= 15 is 0 Å². The summed E-state index contributed by atoms with van der Waals surface area (Å²) >= 11 is 0. The molecule has 0 heterocycles. The second-order valence-electron chi connectivity index (χ2n) is 4.37. The highest BCUT2D eigenvalue weighted by Gasteiger charge is 2.11. The molecule has 0 aliphatic carbocycles. The lowest BCUT2D eigenvalue weighted by molar-refractivity contribution is 0.103. The van der Waals surface area contributed by atoms with Crippen molar-refractivity contribution in [2.75, 3.05) is 0 Å². The van der Waals surface area contributed by atoms with Crippen molar-refractivity contribution in [1.82, 2.24) is 0 Å². The number of phenols is 1. The molecule has 0 spiro atoms. The molecule has 0 atom stereocenters. The lowest BCUT2D eigenvalue weighted by Gasteiger charge is -2.02. The summed E-state index contributed by atoms with van der Waals surface area (Å²) in [5, 5.41) is 9.52. The Morgan fingerprint density at radius 3 is 1.57 bits per heavy atom. The van der Waals surface area contributed by atoms with E-state index in [-0.39, 0.29) is 11.5 Å². The van der Waals surface area contributed by atoms with Gasteiger partial charge in [-0.05, 0) is 12.1 Å². The van der Waals surface area contributed by atoms with E-state index in [9.17, 15) is 9.90 Å². The Kier molecular flexibility index (Phi) is 5.30. The Balaban J connectivity index is 0.000000225. The van der Waals surface area contributed by atoms with Gasteiger partial charge in [-0.3, -0.25) is 4.79 Å². The third kappa shape index (κ3) is 4.32. The molecular formula is C19H16O2. The predicted octanol–water partition coefficient (Wildman–Crippen LogP) is 4.31. The van der Waals surface area contributed by atoms with E-state index in [1.54, 1.807) is 42.5 Å². The normalized spacial score (nSPS) is 9.33. The molecule has 3 rings (SSSR count). The molecule has 0 aromatic heterocycles. The van der Waals surface area contributed by atoms with Crippen molar-refractivity contribution >= 4 is 5.78 Å². The molecule has 0 amide bonds. The van der Waals surface area contributed by atoms with Gasteiger partial charge in [-0.2, -0.15) is 0 Å². The van der Waals surface area contributed by atoms with E-state index in [2.05, 4.69) is 0 Å². The lowest BCUT2D eigenvalue weighted by atomic mass is 10.0. The molecule has 2 nitrogen and oxygen atoms in total. The van der Waals surface area contributed by atoms with Gasteiger partial charge < -0.3 is 5.11 Å². The average molecular weight is 276 g/mol. The van der Waals surface area contributed by atoms with E-state index in [4.69, 9.17) is 0 Å². The average Bonchev–Trinajstić information content (AvgIpc) is 2.58. The predicted molar refractivity (Wildman–Crippen MR) is 84.4 cm³/mol. The lowest BCUT2D eigenvalue weighted by Crippen LogP contribution is -2.00. The maximum atomic E-state index is 11.9. The second-order valence-corrected chi connectivity index (χ2v) is 4.37. The number of phenolic OH excluding ortho intramolecular Hbond substituents is 1. The summed E-state index contributed by atoms with van der Waals surface area (Å²) in [6.07, 6.45) is 0. The number of benzene rings is 3. The van der Waals surface area contributed by atoms with E-state index < -0.39 is 0 Å². The van der Waals surface area contributed by atoms with Crippen LogP contribution in [0.2, 0.25) is 0 Å². The van der Waals surface area contributed by atoms with Crippen LogP contribution in [0.5, 0.6) is 5.75 Å². The smallest absolute Gasteiger partial charge is 0.196 e. The third-order valence-electron chi connectivity index (χ3n) is 2.85. The molecule has 104 valence electrons. The maximum Gasteiger partial charge on any atom is 0.196 e. The number of hydrogen-bond donors (Lipinski definition) is 1. The van der Waals surface area contributed by atoms with Crippen molar-refractivity contribution in [2.24, 2.45) is 0 Å². The van der Waals surface area contributed by atoms with Crippen LogP contribution in [0, 0.1) is 0 Å². The van der Waals surface area contributed by atoms with Gasteiger partial charge >= 0.3 is 0 Å². The maximum absolute atomic E-state index is 11.9. The molecule has 0 bridgehead atoms. The quantitative estimate of drug-likeness (QED) is 0.708. The summed E-state index contributed by atoms with van der Waals surface area (Å²) in [6, 6.07) is 27.5. The first-order valence-electron chi connectivity index (χ1n) is 6.67. The number of carbonyl (C=O) groups excluding carboxylic acids is 1. The minimum absolute atomic E-state index is 0.0198. The Labute approximate surface area is 124 Å². The van der Waals surface area contributed by atoms with Crippen LogP contribution in [-0.2, 0) is 0 Å². The van der Waals surface area contributed by atoms with Gasteiger partial charge in [0.2, 0.25) is 0 Å². The fourth-order valence-corrected chi connectivity index (χ4v) is 1.80. The van der Waals surface area contributed by atoms with Crippen LogP contribution in [0.1, 0.15) is 15.9 Å². The van der Waals surface area contributed by atoms with Gasteiger partial charge in [0, 0.05) is 5.56 Å². The highest BCUT2D eigenvalue weighted by molar-refractivity contribution is 6.10. The monoisotopic (exact) mass is 276 g/mol. The van der Waals surface area contributed by atoms with Gasteiger partial charge in [0.25, 0.3) is 0 Å². The molecular weight excluding hydrogens is 260 g/mol. The Hall–Kier alpha value is -2.87. The van der Waals surface area contributed by atoms with Crippen LogP contribution in [0.25, 0.3) is 0 Å². The molecule has 3 aromatic carbocycles. The summed E-state index contributed by atoms with van der Waals surface area (Å²) in [5.41, 5.74) is 0.919. The minimum atomic E-state index is -0.159. The standard InChI is InChI=1S/C13H10O2.C6H6/c14-12-9-5-4-8-11(12)13(15)10-6-2-1-3-7-10;1-2-4-6-5-3-1/h1-9,14H;1-6H. The van der Waals surface area contributed by atoms with Gasteiger partial charge in [-0.25, -0.2) is 0 Å². The van der Waals surface area contributed by atoms with Crippen molar-refractivity contribution in [2.45, 2.75) is 0 Å². The third-order valence-corrected chi connectivity index (χ3v) is 2.85. The van der Waals surface area contributed by atoms with Crippen molar-refractivity contribution in [3.8, 4) is 5.75 Å². The van der Waals surface area contributed by atoms with Crippen molar-refractivity contribution in [3.63, 3.8) is 0 Å². The number of rotatable bonds is 2. The van der Waals surface area contributed by atoms with E-state index in [1.807, 2.05) is 42.5 Å². The van der Waals surface area contributed by atoms with Gasteiger partial charge in [0.1, 0.15) is 5.75 Å². The van der Waals surface area contributed by atoms with Crippen LogP contribution in [0.15, 0.2) is 91.0 Å². The molecule has 2 heteroatoms. The van der Waals surface area contributed by atoms with Crippen molar-refractivity contribution in [3.05, 3.63) is 102 Å². The van der Waals surface area contributed by atoms with E-state index in [0.717, 1.165) is 0 Å². The minimum Gasteiger partial charge on any atom is -0.507 e. The first-order chi connectivity index (χ1) is 10.3. The molecule has 0 fully saturated rings. The topological polar surface area (TPSA) is 37.3 Å². The van der Waals surface area contributed by atoms with Crippen molar-refractivity contribution < 1.29 is 9.90 Å². The molecule has 0 aliphatic heterocycles. The van der Waals surface area contributed by atoms with Gasteiger partial charge in [0.15, 0.2) is 5.78 Å². The van der Waals surface area contributed by atoms with E-state index in [0.29, 0.717) is 11.1 Å². The van der Waals surface area contributed by atoms with Gasteiger partial charge in [-0.1, -0.05) is 78.9 Å². The molecule has 0 saturated heterocycles. The van der Waals surface area contributed by atoms with Crippen LogP contribution in [0.3, 0.4) is 0 Å². The fourth-order valence-electron chi connectivity index (χ4n) is 1.80. The van der Waals surface area contributed by atoms with Crippen LogP contribution in [0.4, 0.5) is 0 Å². The zero-order valence-corrected chi connectivity index (χ0v) is 11.5. The Morgan fingerprint density at radius 2 is 1.05 bits per heavy atom. The zero-order chi connectivity index (χ0) is 14.9. The molecule has 1 N–H and O–H groups in total. The summed E-state index contributed by atoms with van der Waals surface area (Å²) in [7, 11) is 0. The number of hydrogen-bond acceptors (Lipinski definition) is 2. The number of aromatic hydroxyl groups is 1. The zero-order valence-electron chi connectivity index (χ0n) is 11.5. The first kappa shape index (κ1) is 14.5. The van der Waals surface area contributed by atoms with Crippen molar-refractivity contribution in [1.29, 1.82) is 0 Å². The van der Waals surface area contributed by atoms with E-state index in [1.165, 1.54) is 6.07 Å². The molecule has 0 radical (unpaired) electrons. The van der Waals surface area contributed by atoms with Gasteiger partial charge in [0.05, 0.1) is 5.56 Å². The SMILES string of the molecule is O=C(c1ccccc1)c1ccccc1O.c1ccccc1. The highest BCUT2D eigenvalue weighted by Crippen LogP contribution is 2.19. The van der Waals surface area contributed by atoms with Crippen LogP contribution in [-0.4, -0.2) is 10.9 Å². The first-order valence-corrected chi connectivity index (χ1v) is 6.67. The summed E-state index contributed by atoms with van der Waals surface area (Å²) < 4.78 is 0. The highest BCUT2D eigenvalue weighted by atomic mass is 16.3. The molecule has 0 saturated carbocycles. The summed E-state index contributed by atoms with van der Waals surface area (Å²) in [6.45, 7) is 0. The summed E-state index contributed by atoms with van der Waals surface area (Å²) in [5.74, 6) is -0.139. The summed E-state index contributed by atoms with van der Waals surface area (Å²) in [4.78, 5) is 11.9. The van der Waals surface area contributed by atoms with Crippen LogP contribution >= 0.6 is 0 Å². The molecule has 0 unspecified atom stereocenters. The number of para-hydroxylation sites is 1. The Bertz CT molecular complexity index is 649. The number of ketones is 1. The largest absolute Gasteiger partial charge is 0.507 e. The fraction of sp³-hybridized carbons (Fsp3) is 0. The second kappa shape index (κ2) is 7.65. The van der Waals surface area contributed by atoms with Crippen LogP contribution < -0.4 is 0 Å². The molecule has 3 aromatic rings. The molecule has 0 aliphatic rings. The number of carbonyl (C=O) groups is 1.